The Morgan fingerprint density at radius 1 is 1.50 bits per heavy atom. The molecule has 0 spiro atoms. The highest BCUT2D eigenvalue weighted by molar-refractivity contribution is 6.31. The summed E-state index contributed by atoms with van der Waals surface area (Å²) < 4.78 is 1.75. The highest BCUT2D eigenvalue weighted by Gasteiger charge is 2.21. The first-order valence-electron chi connectivity index (χ1n) is 6.79. The third-order valence-electron chi connectivity index (χ3n) is 3.89. The van der Waals surface area contributed by atoms with Crippen molar-refractivity contribution < 1.29 is 5.11 Å². The van der Waals surface area contributed by atoms with E-state index in [0.717, 1.165) is 35.6 Å². The molecular formula is C15H18ClN3O. The molecule has 1 unspecified atom stereocenters. The Morgan fingerprint density at radius 2 is 2.30 bits per heavy atom. The first kappa shape index (κ1) is 13.5. The van der Waals surface area contributed by atoms with Gasteiger partial charge in [-0.15, -0.1) is 0 Å². The number of benzene rings is 1. The van der Waals surface area contributed by atoms with Gasteiger partial charge in [0.05, 0.1) is 22.5 Å². The molecule has 1 aromatic heterocycles. The van der Waals surface area contributed by atoms with Crippen LogP contribution in [0.15, 0.2) is 18.2 Å². The minimum absolute atomic E-state index is 0.467. The van der Waals surface area contributed by atoms with Gasteiger partial charge in [0.25, 0.3) is 0 Å². The van der Waals surface area contributed by atoms with Crippen molar-refractivity contribution in [3.63, 3.8) is 0 Å². The monoisotopic (exact) mass is 291 g/mol. The maximum absolute atomic E-state index is 10.6. The van der Waals surface area contributed by atoms with Crippen LogP contribution in [0.2, 0.25) is 5.02 Å². The molecule has 1 atom stereocenters. The zero-order valence-corrected chi connectivity index (χ0v) is 12.4. The van der Waals surface area contributed by atoms with Crippen molar-refractivity contribution in [1.82, 2.24) is 9.78 Å². The fourth-order valence-electron chi connectivity index (χ4n) is 2.84. The van der Waals surface area contributed by atoms with Gasteiger partial charge in [0.1, 0.15) is 0 Å². The molecule has 5 heteroatoms. The molecule has 0 amide bonds. The summed E-state index contributed by atoms with van der Waals surface area (Å²) in [6.45, 7) is 2.81. The molecule has 0 fully saturated rings. The standard InChI is InChI=1S/C15H18ClN3O/c1-9-14(16)12(19(2)18-9)8-13(20)11-5-3-4-10-6-7-17-15(10)11/h3-5,13,17,20H,6-8H2,1-2H3. The second kappa shape index (κ2) is 5.11. The summed E-state index contributed by atoms with van der Waals surface area (Å²) in [5, 5.41) is 18.8. The molecule has 3 rings (SSSR count). The molecule has 0 radical (unpaired) electrons. The van der Waals surface area contributed by atoms with Crippen LogP contribution in [0, 0.1) is 6.92 Å². The lowest BCUT2D eigenvalue weighted by molar-refractivity contribution is 0.176. The Kier molecular flexibility index (Phi) is 3.44. The third-order valence-corrected chi connectivity index (χ3v) is 4.38. The fourth-order valence-corrected chi connectivity index (χ4v) is 3.08. The quantitative estimate of drug-likeness (QED) is 0.914. The lowest BCUT2D eigenvalue weighted by Crippen LogP contribution is -2.09. The fraction of sp³-hybridized carbons (Fsp3) is 0.400. The number of fused-ring (bicyclic) bond motifs is 1. The van der Waals surface area contributed by atoms with E-state index in [0.29, 0.717) is 11.4 Å². The van der Waals surface area contributed by atoms with Crippen LogP contribution in [0.1, 0.15) is 28.6 Å². The Morgan fingerprint density at radius 3 is 3.00 bits per heavy atom. The van der Waals surface area contributed by atoms with Crippen molar-refractivity contribution >= 4 is 17.3 Å². The molecule has 20 heavy (non-hydrogen) atoms. The van der Waals surface area contributed by atoms with Gasteiger partial charge in [-0.25, -0.2) is 0 Å². The van der Waals surface area contributed by atoms with Crippen LogP contribution in [0.5, 0.6) is 0 Å². The number of hydrogen-bond acceptors (Lipinski definition) is 3. The lowest BCUT2D eigenvalue weighted by atomic mass is 10.00. The molecule has 2 heterocycles. The molecule has 4 nitrogen and oxygen atoms in total. The lowest BCUT2D eigenvalue weighted by Gasteiger charge is -2.15. The van der Waals surface area contributed by atoms with E-state index in [2.05, 4.69) is 16.5 Å². The first-order valence-corrected chi connectivity index (χ1v) is 7.17. The SMILES string of the molecule is Cc1nn(C)c(CC(O)c2cccc3c2NCC3)c1Cl. The normalized spacial score (nSPS) is 15.0. The number of halogens is 1. The van der Waals surface area contributed by atoms with Crippen LogP contribution < -0.4 is 5.32 Å². The Balaban J connectivity index is 1.90. The molecule has 0 bridgehead atoms. The van der Waals surface area contributed by atoms with Gasteiger partial charge in [0.2, 0.25) is 0 Å². The number of rotatable bonds is 3. The van der Waals surface area contributed by atoms with Crippen molar-refractivity contribution in [2.24, 2.45) is 7.05 Å². The summed E-state index contributed by atoms with van der Waals surface area (Å²) in [7, 11) is 1.86. The first-order chi connectivity index (χ1) is 9.58. The number of aryl methyl sites for hydroxylation is 2. The van der Waals surface area contributed by atoms with E-state index in [1.54, 1.807) is 4.68 Å². The van der Waals surface area contributed by atoms with Crippen LogP contribution in [0.25, 0.3) is 0 Å². The number of aliphatic hydroxyl groups is 1. The molecular weight excluding hydrogens is 274 g/mol. The molecule has 2 aromatic rings. The van der Waals surface area contributed by atoms with Crippen LogP contribution in [0.4, 0.5) is 5.69 Å². The van der Waals surface area contributed by atoms with E-state index in [1.165, 1.54) is 5.56 Å². The van der Waals surface area contributed by atoms with Crippen LogP contribution in [0.3, 0.4) is 0 Å². The predicted octanol–water partition coefficient (Wildman–Crippen LogP) is 2.63. The third kappa shape index (κ3) is 2.19. The number of aromatic nitrogens is 2. The van der Waals surface area contributed by atoms with Crippen molar-refractivity contribution in [3.8, 4) is 0 Å². The zero-order valence-electron chi connectivity index (χ0n) is 11.7. The van der Waals surface area contributed by atoms with E-state index in [4.69, 9.17) is 11.6 Å². The number of nitrogens with one attached hydrogen (secondary N) is 1. The maximum Gasteiger partial charge on any atom is 0.0865 e. The molecule has 0 saturated carbocycles. The van der Waals surface area contributed by atoms with E-state index >= 15 is 0 Å². The predicted molar refractivity (Wildman–Crippen MR) is 80.3 cm³/mol. The van der Waals surface area contributed by atoms with Gasteiger partial charge >= 0.3 is 0 Å². The average Bonchev–Trinajstić information content (AvgIpc) is 2.99. The summed E-state index contributed by atoms with van der Waals surface area (Å²) >= 11 is 6.25. The molecule has 1 aliphatic heterocycles. The molecule has 1 aliphatic rings. The molecule has 0 aliphatic carbocycles. The minimum atomic E-state index is -0.581. The van der Waals surface area contributed by atoms with Gasteiger partial charge in [-0.05, 0) is 18.9 Å². The maximum atomic E-state index is 10.6. The minimum Gasteiger partial charge on any atom is -0.388 e. The Bertz CT molecular complexity index is 651. The second-order valence-electron chi connectivity index (χ2n) is 5.25. The summed E-state index contributed by atoms with van der Waals surface area (Å²) in [5.41, 5.74) is 4.96. The van der Waals surface area contributed by atoms with Gasteiger partial charge in [-0.2, -0.15) is 5.10 Å². The Labute approximate surface area is 123 Å². The number of hydrogen-bond donors (Lipinski definition) is 2. The van der Waals surface area contributed by atoms with Crippen molar-refractivity contribution in [3.05, 3.63) is 45.7 Å². The molecule has 1 aromatic carbocycles. The largest absolute Gasteiger partial charge is 0.388 e. The van der Waals surface area contributed by atoms with E-state index in [1.807, 2.05) is 26.1 Å². The number of nitrogens with zero attached hydrogens (tertiary/aromatic N) is 2. The van der Waals surface area contributed by atoms with E-state index < -0.39 is 6.10 Å². The van der Waals surface area contributed by atoms with Gasteiger partial charge < -0.3 is 10.4 Å². The smallest absolute Gasteiger partial charge is 0.0865 e. The van der Waals surface area contributed by atoms with Gasteiger partial charge in [0, 0.05) is 31.3 Å². The topological polar surface area (TPSA) is 50.1 Å². The zero-order chi connectivity index (χ0) is 14.3. The van der Waals surface area contributed by atoms with E-state index in [9.17, 15) is 5.11 Å². The summed E-state index contributed by atoms with van der Waals surface area (Å²) in [6, 6.07) is 6.08. The number of anilines is 1. The average molecular weight is 292 g/mol. The van der Waals surface area contributed by atoms with Crippen molar-refractivity contribution in [1.29, 1.82) is 0 Å². The van der Waals surface area contributed by atoms with Crippen LogP contribution in [-0.4, -0.2) is 21.4 Å². The van der Waals surface area contributed by atoms with Crippen molar-refractivity contribution in [2.45, 2.75) is 25.9 Å². The van der Waals surface area contributed by atoms with Gasteiger partial charge in [-0.3, -0.25) is 4.68 Å². The van der Waals surface area contributed by atoms with Gasteiger partial charge in [-0.1, -0.05) is 29.8 Å². The molecule has 0 saturated heterocycles. The van der Waals surface area contributed by atoms with Crippen LogP contribution in [-0.2, 0) is 19.9 Å². The number of aliphatic hydroxyl groups excluding tert-OH is 1. The van der Waals surface area contributed by atoms with Gasteiger partial charge in [0.15, 0.2) is 0 Å². The number of para-hydroxylation sites is 1. The summed E-state index contributed by atoms with van der Waals surface area (Å²) in [5.74, 6) is 0. The molecule has 2 N–H and O–H groups in total. The van der Waals surface area contributed by atoms with E-state index in [-0.39, 0.29) is 0 Å². The highest BCUT2D eigenvalue weighted by atomic mass is 35.5. The summed E-state index contributed by atoms with van der Waals surface area (Å²) in [4.78, 5) is 0. The summed E-state index contributed by atoms with van der Waals surface area (Å²) in [6.07, 6.45) is 0.901. The van der Waals surface area contributed by atoms with Crippen molar-refractivity contribution in [2.75, 3.05) is 11.9 Å². The highest BCUT2D eigenvalue weighted by Crippen LogP contribution is 2.33. The van der Waals surface area contributed by atoms with Crippen LogP contribution >= 0.6 is 11.6 Å². The Hall–Kier alpha value is -1.52. The molecule has 106 valence electrons. The second-order valence-corrected chi connectivity index (χ2v) is 5.63.